The number of rotatable bonds is 4. The molecule has 0 aliphatic carbocycles. The van der Waals surface area contributed by atoms with Crippen LogP contribution < -0.4 is 5.32 Å². The van der Waals surface area contributed by atoms with Crippen molar-refractivity contribution in [3.05, 3.63) is 77.6 Å². The molecule has 4 rings (SSSR count). The van der Waals surface area contributed by atoms with Gasteiger partial charge in [-0.3, -0.25) is 14.6 Å². The SMILES string of the molecule is Cc1ccc(NC(=O)CC(=O)N2CCc3[nH]cnc3C2c2ccccn2)cc1. The Kier molecular flexibility index (Phi) is 4.89. The van der Waals surface area contributed by atoms with Gasteiger partial charge in [-0.2, -0.15) is 0 Å². The third-order valence-corrected chi connectivity index (χ3v) is 4.86. The van der Waals surface area contributed by atoms with Crippen molar-refractivity contribution < 1.29 is 9.59 Å². The number of carbonyl (C=O) groups excluding carboxylic acids is 2. The fourth-order valence-corrected chi connectivity index (χ4v) is 3.46. The Morgan fingerprint density at radius 3 is 2.75 bits per heavy atom. The Balaban J connectivity index is 1.52. The first-order valence-corrected chi connectivity index (χ1v) is 9.21. The van der Waals surface area contributed by atoms with Gasteiger partial charge in [0.05, 0.1) is 17.7 Å². The lowest BCUT2D eigenvalue weighted by Gasteiger charge is -2.34. The Hall–Kier alpha value is -3.48. The molecule has 3 heterocycles. The van der Waals surface area contributed by atoms with Gasteiger partial charge >= 0.3 is 0 Å². The minimum Gasteiger partial charge on any atom is -0.348 e. The summed E-state index contributed by atoms with van der Waals surface area (Å²) in [6, 6.07) is 12.7. The van der Waals surface area contributed by atoms with Crippen molar-refractivity contribution in [1.82, 2.24) is 19.9 Å². The second-order valence-corrected chi connectivity index (χ2v) is 6.85. The fourth-order valence-electron chi connectivity index (χ4n) is 3.46. The van der Waals surface area contributed by atoms with Crippen LogP contribution in [0, 0.1) is 6.92 Å². The van der Waals surface area contributed by atoms with E-state index in [2.05, 4.69) is 20.3 Å². The molecule has 0 saturated carbocycles. The minimum absolute atomic E-state index is 0.225. The number of aryl methyl sites for hydroxylation is 1. The number of fused-ring (bicyclic) bond motifs is 1. The predicted molar refractivity (Wildman–Crippen MR) is 105 cm³/mol. The summed E-state index contributed by atoms with van der Waals surface area (Å²) in [4.78, 5) is 39.0. The number of anilines is 1. The number of pyridine rings is 1. The lowest BCUT2D eigenvalue weighted by atomic mass is 9.98. The van der Waals surface area contributed by atoms with E-state index >= 15 is 0 Å². The van der Waals surface area contributed by atoms with E-state index in [1.54, 1.807) is 17.4 Å². The van der Waals surface area contributed by atoms with Gasteiger partial charge in [0.15, 0.2) is 0 Å². The number of aromatic nitrogens is 3. The molecule has 2 aromatic heterocycles. The van der Waals surface area contributed by atoms with Crippen molar-refractivity contribution in [3.63, 3.8) is 0 Å². The third-order valence-electron chi connectivity index (χ3n) is 4.86. The van der Waals surface area contributed by atoms with Crippen molar-refractivity contribution in [2.75, 3.05) is 11.9 Å². The van der Waals surface area contributed by atoms with Crippen LogP contribution in [0.2, 0.25) is 0 Å². The lowest BCUT2D eigenvalue weighted by molar-refractivity contribution is -0.136. The number of hydrogen-bond acceptors (Lipinski definition) is 4. The molecule has 2 amide bonds. The van der Waals surface area contributed by atoms with E-state index in [1.165, 1.54) is 0 Å². The van der Waals surface area contributed by atoms with E-state index in [1.807, 2.05) is 49.4 Å². The number of amides is 2. The van der Waals surface area contributed by atoms with Gasteiger partial charge in [-0.1, -0.05) is 23.8 Å². The maximum absolute atomic E-state index is 13.0. The summed E-state index contributed by atoms with van der Waals surface area (Å²) in [6.07, 6.45) is 3.78. The Labute approximate surface area is 162 Å². The summed E-state index contributed by atoms with van der Waals surface area (Å²) in [6.45, 7) is 2.49. The van der Waals surface area contributed by atoms with Crippen molar-refractivity contribution >= 4 is 17.5 Å². The number of nitrogens with one attached hydrogen (secondary N) is 2. The quantitative estimate of drug-likeness (QED) is 0.686. The van der Waals surface area contributed by atoms with Crippen molar-refractivity contribution in [3.8, 4) is 0 Å². The van der Waals surface area contributed by atoms with Crippen LogP contribution in [0.1, 0.15) is 35.1 Å². The van der Waals surface area contributed by atoms with Crippen LogP contribution in [-0.4, -0.2) is 38.2 Å². The summed E-state index contributed by atoms with van der Waals surface area (Å²) in [5, 5.41) is 2.78. The van der Waals surface area contributed by atoms with Crippen molar-refractivity contribution in [1.29, 1.82) is 0 Å². The lowest BCUT2D eigenvalue weighted by Crippen LogP contribution is -2.42. The Morgan fingerprint density at radius 1 is 1.18 bits per heavy atom. The number of nitrogens with zero attached hydrogens (tertiary/aromatic N) is 3. The molecular weight excluding hydrogens is 354 g/mol. The second-order valence-electron chi connectivity index (χ2n) is 6.85. The largest absolute Gasteiger partial charge is 0.348 e. The first-order chi connectivity index (χ1) is 13.6. The number of H-pyrrole nitrogens is 1. The molecule has 2 N–H and O–H groups in total. The van der Waals surface area contributed by atoms with Gasteiger partial charge in [-0.05, 0) is 31.2 Å². The van der Waals surface area contributed by atoms with E-state index < -0.39 is 6.04 Å². The van der Waals surface area contributed by atoms with E-state index in [-0.39, 0.29) is 18.2 Å². The molecule has 0 fully saturated rings. The average Bonchev–Trinajstić information content (AvgIpc) is 3.18. The predicted octanol–water partition coefficient (Wildman–Crippen LogP) is 2.62. The number of aromatic amines is 1. The molecule has 142 valence electrons. The highest BCUT2D eigenvalue weighted by atomic mass is 16.2. The Morgan fingerprint density at radius 2 is 2.00 bits per heavy atom. The number of benzene rings is 1. The number of hydrogen-bond donors (Lipinski definition) is 2. The molecule has 1 aliphatic heterocycles. The van der Waals surface area contributed by atoms with Crippen LogP contribution in [0.4, 0.5) is 5.69 Å². The molecule has 7 heteroatoms. The molecule has 28 heavy (non-hydrogen) atoms. The first-order valence-electron chi connectivity index (χ1n) is 9.21. The summed E-state index contributed by atoms with van der Waals surface area (Å²) in [5.74, 6) is -0.574. The molecule has 3 aromatic rings. The van der Waals surface area contributed by atoms with E-state index in [9.17, 15) is 9.59 Å². The number of imidazole rings is 1. The zero-order valence-electron chi connectivity index (χ0n) is 15.6. The monoisotopic (exact) mass is 375 g/mol. The van der Waals surface area contributed by atoms with Crippen LogP contribution in [0.15, 0.2) is 55.0 Å². The topological polar surface area (TPSA) is 91.0 Å². The molecule has 1 aromatic carbocycles. The summed E-state index contributed by atoms with van der Waals surface area (Å²) < 4.78 is 0. The molecule has 1 atom stereocenters. The maximum atomic E-state index is 13.0. The van der Waals surface area contributed by atoms with E-state index in [0.717, 1.165) is 22.6 Å². The Bertz CT molecular complexity index is 982. The smallest absolute Gasteiger partial charge is 0.233 e. The van der Waals surface area contributed by atoms with Gasteiger partial charge in [-0.15, -0.1) is 0 Å². The molecule has 1 unspecified atom stereocenters. The highest BCUT2D eigenvalue weighted by Gasteiger charge is 2.35. The van der Waals surface area contributed by atoms with Gasteiger partial charge in [0.1, 0.15) is 12.5 Å². The summed E-state index contributed by atoms with van der Waals surface area (Å²) in [7, 11) is 0. The molecule has 0 saturated heterocycles. The molecule has 0 radical (unpaired) electrons. The van der Waals surface area contributed by atoms with E-state index in [0.29, 0.717) is 18.7 Å². The van der Waals surface area contributed by atoms with Gasteiger partial charge in [0.2, 0.25) is 11.8 Å². The molecule has 7 nitrogen and oxygen atoms in total. The summed E-state index contributed by atoms with van der Waals surface area (Å²) >= 11 is 0. The first kappa shape index (κ1) is 17.9. The zero-order valence-corrected chi connectivity index (χ0v) is 15.6. The van der Waals surface area contributed by atoms with Crippen molar-refractivity contribution in [2.45, 2.75) is 25.8 Å². The fraction of sp³-hybridized carbons (Fsp3) is 0.238. The van der Waals surface area contributed by atoms with Crippen LogP contribution >= 0.6 is 0 Å². The number of carbonyl (C=O) groups is 2. The second kappa shape index (κ2) is 7.64. The van der Waals surface area contributed by atoms with Crippen LogP contribution in [0.5, 0.6) is 0 Å². The molecule has 0 spiro atoms. The summed E-state index contributed by atoms with van der Waals surface area (Å²) in [5.41, 5.74) is 4.32. The normalized spacial score (nSPS) is 15.8. The minimum atomic E-state index is -0.393. The van der Waals surface area contributed by atoms with E-state index in [4.69, 9.17) is 0 Å². The third kappa shape index (κ3) is 3.64. The molecule has 1 aliphatic rings. The standard InChI is InChI=1S/C21H21N5O2/c1-14-5-7-15(8-6-14)25-18(27)12-19(28)26-11-9-16-20(24-13-23-16)21(26)17-4-2-3-10-22-17/h2-8,10,13,21H,9,11-12H2,1H3,(H,23,24)(H,25,27). The molecule has 0 bridgehead atoms. The van der Waals surface area contributed by atoms with Gasteiger partial charge in [-0.25, -0.2) is 4.98 Å². The highest BCUT2D eigenvalue weighted by molar-refractivity contribution is 6.03. The molecular formula is C21H21N5O2. The van der Waals surface area contributed by atoms with Crippen LogP contribution in [-0.2, 0) is 16.0 Å². The van der Waals surface area contributed by atoms with Gasteiger partial charge in [0, 0.05) is 30.5 Å². The van der Waals surface area contributed by atoms with Crippen LogP contribution in [0.3, 0.4) is 0 Å². The van der Waals surface area contributed by atoms with Crippen molar-refractivity contribution in [2.24, 2.45) is 0 Å². The highest BCUT2D eigenvalue weighted by Crippen LogP contribution is 2.32. The maximum Gasteiger partial charge on any atom is 0.233 e. The average molecular weight is 375 g/mol. The zero-order chi connectivity index (χ0) is 19.5. The van der Waals surface area contributed by atoms with Gasteiger partial charge < -0.3 is 15.2 Å². The van der Waals surface area contributed by atoms with Gasteiger partial charge in [0.25, 0.3) is 0 Å². The van der Waals surface area contributed by atoms with Crippen LogP contribution in [0.25, 0.3) is 0 Å².